The molecule has 3 aromatic carbocycles. The van der Waals surface area contributed by atoms with E-state index in [2.05, 4.69) is 24.3 Å². The van der Waals surface area contributed by atoms with E-state index in [4.69, 9.17) is 0 Å². The van der Waals surface area contributed by atoms with Crippen LogP contribution in [0.15, 0.2) is 66.7 Å². The predicted molar refractivity (Wildman–Crippen MR) is 106 cm³/mol. The van der Waals surface area contributed by atoms with E-state index in [1.54, 1.807) is 6.07 Å². The van der Waals surface area contributed by atoms with Gasteiger partial charge < -0.3 is 5.11 Å². The molecule has 0 unspecified atom stereocenters. The van der Waals surface area contributed by atoms with Crippen LogP contribution in [0.1, 0.15) is 40.9 Å². The van der Waals surface area contributed by atoms with Crippen molar-refractivity contribution in [3.05, 3.63) is 89.0 Å². The Labute approximate surface area is 172 Å². The second-order valence-electron chi connectivity index (χ2n) is 6.29. The van der Waals surface area contributed by atoms with E-state index in [1.165, 1.54) is 6.92 Å². The summed E-state index contributed by atoms with van der Waals surface area (Å²) in [7, 11) is 0. The van der Waals surface area contributed by atoms with Crippen molar-refractivity contribution in [1.29, 1.82) is 0 Å². The maximum Gasteiger partial charge on any atom is 1.00 e. The second kappa shape index (κ2) is 9.42. The topological polar surface area (TPSA) is 40.1 Å². The molecular formula is C24H21LiO2. The zero-order chi connectivity index (χ0) is 18.5. The molecule has 0 aromatic heterocycles. The number of benzene rings is 3. The van der Waals surface area contributed by atoms with Gasteiger partial charge in [0.15, 0.2) is 5.78 Å². The van der Waals surface area contributed by atoms with Crippen molar-refractivity contribution in [3.8, 4) is 16.9 Å². The molecule has 0 aliphatic rings. The van der Waals surface area contributed by atoms with Crippen molar-refractivity contribution in [2.24, 2.45) is 0 Å². The molecule has 0 N–H and O–H groups in total. The number of carbonyl (C=O) groups is 1. The fourth-order valence-electron chi connectivity index (χ4n) is 2.92. The van der Waals surface area contributed by atoms with Gasteiger partial charge in [0.2, 0.25) is 0 Å². The van der Waals surface area contributed by atoms with E-state index in [0.29, 0.717) is 12.0 Å². The molecule has 0 saturated carbocycles. The van der Waals surface area contributed by atoms with Crippen LogP contribution in [-0.2, 0) is 6.42 Å². The molecule has 3 rings (SSSR count). The maximum absolute atomic E-state index is 12.3. The van der Waals surface area contributed by atoms with Crippen molar-refractivity contribution >= 4 is 17.9 Å². The van der Waals surface area contributed by atoms with Crippen LogP contribution in [0.25, 0.3) is 23.3 Å². The van der Waals surface area contributed by atoms with Gasteiger partial charge in [0.1, 0.15) is 0 Å². The summed E-state index contributed by atoms with van der Waals surface area (Å²) in [5.74, 6) is -0.333. The fourth-order valence-corrected chi connectivity index (χ4v) is 2.92. The van der Waals surface area contributed by atoms with Crippen LogP contribution < -0.4 is 24.0 Å². The Hall–Kier alpha value is -2.53. The molecule has 0 spiro atoms. The molecule has 0 heterocycles. The summed E-state index contributed by atoms with van der Waals surface area (Å²) in [5, 5.41) is 12.3. The molecule has 0 bridgehead atoms. The van der Waals surface area contributed by atoms with E-state index >= 15 is 0 Å². The van der Waals surface area contributed by atoms with Gasteiger partial charge in [-0.25, -0.2) is 0 Å². The minimum atomic E-state index is -0.186. The van der Waals surface area contributed by atoms with Gasteiger partial charge in [-0.3, -0.25) is 4.79 Å². The maximum atomic E-state index is 12.3. The number of rotatable bonds is 5. The summed E-state index contributed by atoms with van der Waals surface area (Å²) in [6.45, 7) is 3.37. The van der Waals surface area contributed by atoms with Crippen LogP contribution in [0.2, 0.25) is 0 Å². The molecule has 130 valence electrons. The van der Waals surface area contributed by atoms with E-state index < -0.39 is 0 Å². The van der Waals surface area contributed by atoms with Crippen LogP contribution in [0, 0.1) is 0 Å². The van der Waals surface area contributed by atoms with E-state index in [1.807, 2.05) is 55.5 Å². The number of hydrogen-bond acceptors (Lipinski definition) is 2. The molecule has 3 aromatic rings. The van der Waals surface area contributed by atoms with E-state index in [0.717, 1.165) is 22.3 Å². The van der Waals surface area contributed by atoms with E-state index in [9.17, 15) is 9.90 Å². The van der Waals surface area contributed by atoms with Crippen molar-refractivity contribution < 1.29 is 28.8 Å². The second-order valence-corrected chi connectivity index (χ2v) is 6.29. The number of Topliss-reactive ketones (excluding diaryl/α,β-unsaturated/α-hetero) is 1. The van der Waals surface area contributed by atoms with Crippen molar-refractivity contribution in [2.75, 3.05) is 0 Å². The van der Waals surface area contributed by atoms with E-state index in [-0.39, 0.29) is 36.0 Å². The minimum Gasteiger partial charge on any atom is -0.872 e. The van der Waals surface area contributed by atoms with Crippen molar-refractivity contribution in [2.45, 2.75) is 20.3 Å². The first-order chi connectivity index (χ1) is 12.6. The zero-order valence-electron chi connectivity index (χ0n) is 16.0. The number of ketones is 1. The van der Waals surface area contributed by atoms with Gasteiger partial charge in [-0.2, -0.15) is 0 Å². The van der Waals surface area contributed by atoms with Crippen LogP contribution in [0.5, 0.6) is 5.75 Å². The molecular weight excluding hydrogens is 327 g/mol. The molecule has 0 atom stereocenters. The van der Waals surface area contributed by atoms with Gasteiger partial charge in [0, 0.05) is 5.56 Å². The van der Waals surface area contributed by atoms with Crippen LogP contribution in [-0.4, -0.2) is 5.78 Å². The van der Waals surface area contributed by atoms with Gasteiger partial charge in [0.25, 0.3) is 0 Å². The summed E-state index contributed by atoms with van der Waals surface area (Å²) < 4.78 is 0. The molecule has 0 fully saturated rings. The summed E-state index contributed by atoms with van der Waals surface area (Å²) >= 11 is 0. The summed E-state index contributed by atoms with van der Waals surface area (Å²) in [6.07, 6.45) is 4.76. The average molecular weight is 348 g/mol. The Kier molecular flexibility index (Phi) is 7.25. The molecule has 2 nitrogen and oxygen atoms in total. The Morgan fingerprint density at radius 2 is 1.48 bits per heavy atom. The average Bonchev–Trinajstić information content (AvgIpc) is 2.67. The Bertz CT molecular complexity index is 942. The number of hydrogen-bond donors (Lipinski definition) is 0. The first kappa shape index (κ1) is 20.8. The number of aryl methyl sites for hydroxylation is 1. The van der Waals surface area contributed by atoms with Crippen LogP contribution in [0.3, 0.4) is 0 Å². The Balaban J connectivity index is 0.00000261. The number of carbonyl (C=O) groups excluding carboxylic acids is 1. The van der Waals surface area contributed by atoms with Crippen molar-refractivity contribution in [3.63, 3.8) is 0 Å². The molecule has 3 heteroatoms. The standard InChI is InChI=1S/C24H22O2.Li/c1-3-20-15-22(16-23(17(2)25)24(20)26)21-13-11-19(12-14-21)10-9-18-7-5-4-6-8-18;/h4-16,26H,3H2,1-2H3;/q;+1/p-1/b10-9+;. The monoisotopic (exact) mass is 348 g/mol. The molecule has 0 aliphatic heterocycles. The Morgan fingerprint density at radius 1 is 0.889 bits per heavy atom. The third-order valence-electron chi connectivity index (χ3n) is 4.44. The van der Waals surface area contributed by atoms with Gasteiger partial charge in [0.05, 0.1) is 0 Å². The molecule has 27 heavy (non-hydrogen) atoms. The molecule has 0 aliphatic carbocycles. The van der Waals surface area contributed by atoms with Crippen molar-refractivity contribution in [1.82, 2.24) is 0 Å². The zero-order valence-corrected chi connectivity index (χ0v) is 16.0. The largest absolute Gasteiger partial charge is 1.00 e. The van der Waals surface area contributed by atoms with Crippen LogP contribution >= 0.6 is 0 Å². The van der Waals surface area contributed by atoms with Gasteiger partial charge in [-0.05, 0) is 41.7 Å². The molecule has 0 radical (unpaired) electrons. The quantitative estimate of drug-likeness (QED) is 0.403. The normalized spacial score (nSPS) is 10.6. The summed E-state index contributed by atoms with van der Waals surface area (Å²) in [6, 6.07) is 21.9. The molecule has 0 saturated heterocycles. The van der Waals surface area contributed by atoms with Gasteiger partial charge in [-0.15, -0.1) is 0 Å². The SMILES string of the molecule is CCc1cc(-c2ccc(/C=C/c3ccccc3)cc2)cc(C(C)=O)c1[O-].[Li+]. The summed E-state index contributed by atoms with van der Waals surface area (Å²) in [4.78, 5) is 11.8. The van der Waals surface area contributed by atoms with Gasteiger partial charge >= 0.3 is 18.9 Å². The summed E-state index contributed by atoms with van der Waals surface area (Å²) in [5.41, 5.74) is 5.11. The Morgan fingerprint density at radius 3 is 2.04 bits per heavy atom. The first-order valence-electron chi connectivity index (χ1n) is 8.77. The molecule has 0 amide bonds. The smallest absolute Gasteiger partial charge is 0.872 e. The predicted octanol–water partition coefficient (Wildman–Crippen LogP) is 2.37. The minimum absolute atomic E-state index is 0. The third-order valence-corrected chi connectivity index (χ3v) is 4.44. The van der Waals surface area contributed by atoms with Gasteiger partial charge in [-0.1, -0.05) is 91.1 Å². The van der Waals surface area contributed by atoms with Crippen LogP contribution in [0.4, 0.5) is 0 Å². The third kappa shape index (κ3) is 5.01. The first-order valence-corrected chi connectivity index (χ1v) is 8.77. The fraction of sp³-hybridized carbons (Fsp3) is 0.125.